The second-order valence-corrected chi connectivity index (χ2v) is 4.55. The van der Waals surface area contributed by atoms with Gasteiger partial charge in [-0.05, 0) is 24.3 Å². The Morgan fingerprint density at radius 2 is 2.12 bits per heavy atom. The van der Waals surface area contributed by atoms with Gasteiger partial charge in [0.05, 0.1) is 12.4 Å². The Kier molecular flexibility index (Phi) is 4.03. The lowest BCUT2D eigenvalue weighted by Crippen LogP contribution is -2.11. The molecule has 1 heterocycles. The molecule has 2 rings (SSSR count). The van der Waals surface area contributed by atoms with Gasteiger partial charge in [0.2, 0.25) is 0 Å². The predicted octanol–water partition coefficient (Wildman–Crippen LogP) is 2.67. The Morgan fingerprint density at radius 1 is 1.35 bits per heavy atom. The van der Waals surface area contributed by atoms with Crippen molar-refractivity contribution >= 4 is 21.6 Å². The van der Waals surface area contributed by atoms with Crippen LogP contribution in [0.5, 0.6) is 5.75 Å². The van der Waals surface area contributed by atoms with E-state index in [1.54, 1.807) is 10.9 Å². The van der Waals surface area contributed by atoms with Crippen molar-refractivity contribution in [2.45, 2.75) is 0 Å². The van der Waals surface area contributed by atoms with Gasteiger partial charge < -0.3 is 10.1 Å². The van der Waals surface area contributed by atoms with Crippen LogP contribution in [0.2, 0.25) is 0 Å². The van der Waals surface area contributed by atoms with Crippen LogP contribution < -0.4 is 10.1 Å². The maximum absolute atomic E-state index is 5.52. The molecule has 0 amide bonds. The van der Waals surface area contributed by atoms with Crippen LogP contribution in [0.3, 0.4) is 0 Å². The maximum atomic E-state index is 5.52. The molecule has 1 N–H and O–H groups in total. The lowest BCUT2D eigenvalue weighted by atomic mass is 10.3. The number of halogens is 1. The summed E-state index contributed by atoms with van der Waals surface area (Å²) in [5, 5.41) is 7.31. The summed E-state index contributed by atoms with van der Waals surface area (Å²) in [7, 11) is 1.87. The maximum Gasteiger partial charge on any atom is 0.157 e. The second-order valence-electron chi connectivity index (χ2n) is 3.63. The standard InChI is InChI=1S/C12H14BrN3O/c1-16-9-12(8-15-16)17-7-6-14-11-4-2-10(13)3-5-11/h2-5,8-9,14H,6-7H2,1H3. The second kappa shape index (κ2) is 5.72. The fourth-order valence-corrected chi connectivity index (χ4v) is 1.67. The van der Waals surface area contributed by atoms with Gasteiger partial charge in [-0.15, -0.1) is 0 Å². The molecule has 0 radical (unpaired) electrons. The summed E-state index contributed by atoms with van der Waals surface area (Å²) in [5.41, 5.74) is 1.09. The minimum atomic E-state index is 0.613. The first-order chi connectivity index (χ1) is 8.24. The van der Waals surface area contributed by atoms with E-state index < -0.39 is 0 Å². The molecule has 0 fully saturated rings. The van der Waals surface area contributed by atoms with Crippen molar-refractivity contribution in [3.8, 4) is 5.75 Å². The number of benzene rings is 1. The molecular formula is C12H14BrN3O. The molecule has 5 heteroatoms. The first-order valence-electron chi connectivity index (χ1n) is 5.35. The first kappa shape index (κ1) is 12.0. The van der Waals surface area contributed by atoms with Crippen molar-refractivity contribution < 1.29 is 4.74 Å². The van der Waals surface area contributed by atoms with Crippen LogP contribution in [0, 0.1) is 0 Å². The van der Waals surface area contributed by atoms with Crippen LogP contribution in [0.4, 0.5) is 5.69 Å². The number of aromatic nitrogens is 2. The molecule has 90 valence electrons. The Balaban J connectivity index is 1.71. The lowest BCUT2D eigenvalue weighted by molar-refractivity contribution is 0.332. The number of hydrogen-bond donors (Lipinski definition) is 1. The Morgan fingerprint density at radius 3 is 2.76 bits per heavy atom. The molecule has 0 atom stereocenters. The Labute approximate surface area is 109 Å². The van der Waals surface area contributed by atoms with Crippen molar-refractivity contribution in [3.05, 3.63) is 41.1 Å². The average molecular weight is 296 g/mol. The topological polar surface area (TPSA) is 39.1 Å². The number of ether oxygens (including phenoxy) is 1. The zero-order valence-electron chi connectivity index (χ0n) is 9.56. The summed E-state index contributed by atoms with van der Waals surface area (Å²) in [6.07, 6.45) is 3.55. The molecule has 0 unspecified atom stereocenters. The molecular weight excluding hydrogens is 282 g/mol. The molecule has 0 aliphatic rings. The summed E-state index contributed by atoms with van der Waals surface area (Å²) in [5.74, 6) is 0.796. The number of nitrogens with one attached hydrogen (secondary N) is 1. The van der Waals surface area contributed by atoms with E-state index >= 15 is 0 Å². The molecule has 1 aromatic heterocycles. The molecule has 0 saturated carbocycles. The van der Waals surface area contributed by atoms with Gasteiger partial charge in [-0.3, -0.25) is 4.68 Å². The zero-order chi connectivity index (χ0) is 12.1. The van der Waals surface area contributed by atoms with E-state index in [4.69, 9.17) is 4.74 Å². The molecule has 17 heavy (non-hydrogen) atoms. The molecule has 0 aliphatic heterocycles. The van der Waals surface area contributed by atoms with Gasteiger partial charge in [0.15, 0.2) is 5.75 Å². The molecule has 1 aromatic carbocycles. The summed E-state index contributed by atoms with van der Waals surface area (Å²) < 4.78 is 8.32. The quantitative estimate of drug-likeness (QED) is 0.862. The minimum Gasteiger partial charge on any atom is -0.488 e. The van der Waals surface area contributed by atoms with Crippen molar-refractivity contribution in [1.29, 1.82) is 0 Å². The third-order valence-electron chi connectivity index (χ3n) is 2.23. The van der Waals surface area contributed by atoms with Crippen molar-refractivity contribution in [2.75, 3.05) is 18.5 Å². The van der Waals surface area contributed by atoms with E-state index in [1.165, 1.54) is 0 Å². The number of hydrogen-bond acceptors (Lipinski definition) is 3. The van der Waals surface area contributed by atoms with Crippen molar-refractivity contribution in [1.82, 2.24) is 9.78 Å². The van der Waals surface area contributed by atoms with Gasteiger partial charge in [-0.1, -0.05) is 15.9 Å². The van der Waals surface area contributed by atoms with Gasteiger partial charge in [0.25, 0.3) is 0 Å². The fraction of sp³-hybridized carbons (Fsp3) is 0.250. The van der Waals surface area contributed by atoms with Crippen LogP contribution >= 0.6 is 15.9 Å². The van der Waals surface area contributed by atoms with Crippen LogP contribution in [-0.4, -0.2) is 22.9 Å². The van der Waals surface area contributed by atoms with E-state index in [2.05, 4.69) is 26.3 Å². The lowest BCUT2D eigenvalue weighted by Gasteiger charge is -2.07. The number of anilines is 1. The SMILES string of the molecule is Cn1cc(OCCNc2ccc(Br)cc2)cn1. The van der Waals surface area contributed by atoms with E-state index in [-0.39, 0.29) is 0 Å². The first-order valence-corrected chi connectivity index (χ1v) is 6.14. The zero-order valence-corrected chi connectivity index (χ0v) is 11.1. The van der Waals surface area contributed by atoms with Crippen molar-refractivity contribution in [3.63, 3.8) is 0 Å². The van der Waals surface area contributed by atoms with E-state index in [0.29, 0.717) is 6.61 Å². The van der Waals surface area contributed by atoms with Crippen LogP contribution in [0.1, 0.15) is 0 Å². The van der Waals surface area contributed by atoms with Gasteiger partial charge in [0.1, 0.15) is 6.61 Å². The van der Waals surface area contributed by atoms with Gasteiger partial charge in [0, 0.05) is 23.8 Å². The largest absolute Gasteiger partial charge is 0.488 e. The summed E-state index contributed by atoms with van der Waals surface area (Å²) in [6.45, 7) is 1.37. The molecule has 0 bridgehead atoms. The van der Waals surface area contributed by atoms with Crippen LogP contribution in [-0.2, 0) is 7.05 Å². The van der Waals surface area contributed by atoms with Crippen LogP contribution in [0.15, 0.2) is 41.1 Å². The molecule has 0 saturated heterocycles. The van der Waals surface area contributed by atoms with E-state index in [9.17, 15) is 0 Å². The van der Waals surface area contributed by atoms with Gasteiger partial charge in [-0.25, -0.2) is 0 Å². The van der Waals surface area contributed by atoms with Gasteiger partial charge in [-0.2, -0.15) is 5.10 Å². The highest BCUT2D eigenvalue weighted by Gasteiger charge is 1.96. The van der Waals surface area contributed by atoms with Crippen molar-refractivity contribution in [2.24, 2.45) is 7.05 Å². The number of nitrogens with zero attached hydrogens (tertiary/aromatic N) is 2. The number of aryl methyl sites for hydroxylation is 1. The summed E-state index contributed by atoms with van der Waals surface area (Å²) in [4.78, 5) is 0. The fourth-order valence-electron chi connectivity index (χ4n) is 1.41. The van der Waals surface area contributed by atoms with E-state index in [0.717, 1.165) is 22.5 Å². The normalized spacial score (nSPS) is 10.2. The monoisotopic (exact) mass is 295 g/mol. The highest BCUT2D eigenvalue weighted by molar-refractivity contribution is 9.10. The predicted molar refractivity (Wildman–Crippen MR) is 71.3 cm³/mol. The van der Waals surface area contributed by atoms with Crippen LogP contribution in [0.25, 0.3) is 0 Å². The highest BCUT2D eigenvalue weighted by atomic mass is 79.9. The number of rotatable bonds is 5. The smallest absolute Gasteiger partial charge is 0.157 e. The summed E-state index contributed by atoms with van der Waals surface area (Å²) in [6, 6.07) is 8.05. The van der Waals surface area contributed by atoms with Gasteiger partial charge >= 0.3 is 0 Å². The third kappa shape index (κ3) is 3.78. The Bertz CT molecular complexity index is 467. The third-order valence-corrected chi connectivity index (χ3v) is 2.75. The molecule has 0 aliphatic carbocycles. The Hall–Kier alpha value is -1.49. The van der Waals surface area contributed by atoms with E-state index in [1.807, 2.05) is 37.5 Å². The summed E-state index contributed by atoms with van der Waals surface area (Å²) >= 11 is 3.40. The molecule has 4 nitrogen and oxygen atoms in total. The minimum absolute atomic E-state index is 0.613. The molecule has 2 aromatic rings. The molecule has 0 spiro atoms. The average Bonchev–Trinajstić information content (AvgIpc) is 2.73. The highest BCUT2D eigenvalue weighted by Crippen LogP contribution is 2.13.